The minimum atomic E-state index is -0.455. The number of nitrogens with two attached hydrogens (primary N) is 1. The van der Waals surface area contributed by atoms with Gasteiger partial charge in [0.1, 0.15) is 0 Å². The standard InChI is InChI=1S/C12H13BrClN3O2/c13-9-2-1-7(5-10(9)14)11(18)16-8-3-4-17(6-8)12(15)19/h1-2,5,8H,3-4,6H2,(H2,15,19)(H,16,18)/t8-/m1/s1. The fourth-order valence-electron chi connectivity index (χ4n) is 1.98. The smallest absolute Gasteiger partial charge is 0.314 e. The number of rotatable bonds is 2. The van der Waals surface area contributed by atoms with Gasteiger partial charge in [-0.15, -0.1) is 0 Å². The van der Waals surface area contributed by atoms with E-state index in [2.05, 4.69) is 21.2 Å². The van der Waals surface area contributed by atoms with Gasteiger partial charge >= 0.3 is 6.03 Å². The molecule has 0 unspecified atom stereocenters. The maximum absolute atomic E-state index is 12.0. The Balaban J connectivity index is 1.98. The van der Waals surface area contributed by atoms with Crippen molar-refractivity contribution in [1.29, 1.82) is 0 Å². The van der Waals surface area contributed by atoms with Crippen molar-refractivity contribution >= 4 is 39.5 Å². The molecule has 7 heteroatoms. The van der Waals surface area contributed by atoms with E-state index in [4.69, 9.17) is 17.3 Å². The Labute approximate surface area is 124 Å². The Bertz CT molecular complexity index is 524. The number of urea groups is 1. The second-order valence-corrected chi connectivity index (χ2v) is 5.63. The van der Waals surface area contributed by atoms with E-state index < -0.39 is 6.03 Å². The van der Waals surface area contributed by atoms with E-state index in [0.29, 0.717) is 30.1 Å². The molecule has 3 amide bonds. The molecule has 5 nitrogen and oxygen atoms in total. The maximum Gasteiger partial charge on any atom is 0.314 e. The van der Waals surface area contributed by atoms with E-state index in [0.717, 1.165) is 4.47 Å². The van der Waals surface area contributed by atoms with Crippen LogP contribution in [0.4, 0.5) is 4.79 Å². The van der Waals surface area contributed by atoms with Crippen LogP contribution in [0.15, 0.2) is 22.7 Å². The van der Waals surface area contributed by atoms with E-state index in [1.165, 1.54) is 4.90 Å². The highest BCUT2D eigenvalue weighted by Gasteiger charge is 2.26. The van der Waals surface area contributed by atoms with Crippen molar-refractivity contribution < 1.29 is 9.59 Å². The quantitative estimate of drug-likeness (QED) is 0.859. The molecule has 0 aliphatic carbocycles. The van der Waals surface area contributed by atoms with Crippen molar-refractivity contribution in [1.82, 2.24) is 10.2 Å². The SMILES string of the molecule is NC(=O)N1CC[C@@H](NC(=O)c2ccc(Br)c(Cl)c2)C1. The van der Waals surface area contributed by atoms with Crippen molar-refractivity contribution in [2.75, 3.05) is 13.1 Å². The second kappa shape index (κ2) is 5.79. The molecule has 1 aromatic carbocycles. The summed E-state index contributed by atoms with van der Waals surface area (Å²) in [5.74, 6) is -0.203. The number of hydrogen-bond donors (Lipinski definition) is 2. The van der Waals surface area contributed by atoms with E-state index in [1.807, 2.05) is 0 Å². The molecule has 102 valence electrons. The van der Waals surface area contributed by atoms with Crippen molar-refractivity contribution in [3.8, 4) is 0 Å². The third-order valence-electron chi connectivity index (χ3n) is 3.02. The third kappa shape index (κ3) is 3.39. The van der Waals surface area contributed by atoms with Crippen LogP contribution in [0.25, 0.3) is 0 Å². The van der Waals surface area contributed by atoms with Crippen LogP contribution in [-0.2, 0) is 0 Å². The summed E-state index contributed by atoms with van der Waals surface area (Å²) in [6.07, 6.45) is 0.707. The van der Waals surface area contributed by atoms with Crippen LogP contribution in [0.5, 0.6) is 0 Å². The lowest BCUT2D eigenvalue weighted by atomic mass is 10.2. The summed E-state index contributed by atoms with van der Waals surface area (Å²) in [4.78, 5) is 24.5. The predicted molar refractivity (Wildman–Crippen MR) is 76.2 cm³/mol. The summed E-state index contributed by atoms with van der Waals surface area (Å²) < 4.78 is 0.742. The van der Waals surface area contributed by atoms with Crippen LogP contribution >= 0.6 is 27.5 Å². The van der Waals surface area contributed by atoms with Crippen molar-refractivity contribution in [2.45, 2.75) is 12.5 Å². The van der Waals surface area contributed by atoms with Gasteiger partial charge in [-0.05, 0) is 40.5 Å². The summed E-state index contributed by atoms with van der Waals surface area (Å²) in [5.41, 5.74) is 5.68. The summed E-state index contributed by atoms with van der Waals surface area (Å²) in [5, 5.41) is 3.35. The highest BCUT2D eigenvalue weighted by molar-refractivity contribution is 9.10. The number of nitrogens with one attached hydrogen (secondary N) is 1. The van der Waals surface area contributed by atoms with Gasteiger partial charge in [-0.1, -0.05) is 11.6 Å². The number of primary amides is 1. The molecule has 0 spiro atoms. The van der Waals surface area contributed by atoms with Crippen LogP contribution in [0.3, 0.4) is 0 Å². The molecule has 0 aromatic heterocycles. The average Bonchev–Trinajstić information content (AvgIpc) is 2.81. The number of likely N-dealkylation sites (tertiary alicyclic amines) is 1. The zero-order chi connectivity index (χ0) is 14.0. The Morgan fingerprint density at radius 3 is 2.79 bits per heavy atom. The predicted octanol–water partition coefficient (Wildman–Crippen LogP) is 1.99. The number of carbonyl (C=O) groups is 2. The van der Waals surface area contributed by atoms with Crippen LogP contribution in [0, 0.1) is 0 Å². The molecular weight excluding hydrogens is 334 g/mol. The molecule has 1 atom stereocenters. The molecule has 0 bridgehead atoms. The van der Waals surface area contributed by atoms with Crippen LogP contribution in [0.2, 0.25) is 5.02 Å². The number of amides is 3. The van der Waals surface area contributed by atoms with E-state index >= 15 is 0 Å². The minimum Gasteiger partial charge on any atom is -0.351 e. The zero-order valence-electron chi connectivity index (χ0n) is 10.0. The third-order valence-corrected chi connectivity index (χ3v) is 4.25. The first kappa shape index (κ1) is 14.1. The van der Waals surface area contributed by atoms with Gasteiger partial charge in [0, 0.05) is 29.2 Å². The molecule has 0 radical (unpaired) electrons. The van der Waals surface area contributed by atoms with Crippen molar-refractivity contribution in [2.24, 2.45) is 5.73 Å². The first-order valence-electron chi connectivity index (χ1n) is 5.77. The molecule has 1 aliphatic rings. The van der Waals surface area contributed by atoms with E-state index in [1.54, 1.807) is 18.2 Å². The fourth-order valence-corrected chi connectivity index (χ4v) is 2.41. The van der Waals surface area contributed by atoms with Gasteiger partial charge in [0.2, 0.25) is 0 Å². The number of hydrogen-bond acceptors (Lipinski definition) is 2. The lowest BCUT2D eigenvalue weighted by Crippen LogP contribution is -2.40. The Morgan fingerprint density at radius 2 is 2.21 bits per heavy atom. The number of benzene rings is 1. The largest absolute Gasteiger partial charge is 0.351 e. The molecule has 0 saturated carbocycles. The summed E-state index contributed by atoms with van der Waals surface area (Å²) in [6.45, 7) is 1.02. The lowest BCUT2D eigenvalue weighted by molar-refractivity contribution is 0.0938. The molecule has 1 fully saturated rings. The Kier molecular flexibility index (Phi) is 4.31. The number of nitrogens with zero attached hydrogens (tertiary/aromatic N) is 1. The molecule has 2 rings (SSSR count). The topological polar surface area (TPSA) is 75.4 Å². The average molecular weight is 347 g/mol. The van der Waals surface area contributed by atoms with Gasteiger partial charge in [-0.3, -0.25) is 4.79 Å². The lowest BCUT2D eigenvalue weighted by Gasteiger charge is -2.14. The normalized spacial score (nSPS) is 18.4. The Hall–Kier alpha value is -1.27. The summed E-state index contributed by atoms with van der Waals surface area (Å²) in [6, 6.07) is 4.49. The van der Waals surface area contributed by atoms with Gasteiger partial charge in [0.25, 0.3) is 5.91 Å². The molecule has 1 aliphatic heterocycles. The van der Waals surface area contributed by atoms with Gasteiger partial charge in [-0.2, -0.15) is 0 Å². The molecular formula is C12H13BrClN3O2. The highest BCUT2D eigenvalue weighted by Crippen LogP contribution is 2.23. The molecule has 1 aromatic rings. The maximum atomic E-state index is 12.0. The zero-order valence-corrected chi connectivity index (χ0v) is 12.4. The van der Waals surface area contributed by atoms with E-state index in [9.17, 15) is 9.59 Å². The van der Waals surface area contributed by atoms with Crippen LogP contribution < -0.4 is 11.1 Å². The van der Waals surface area contributed by atoms with Crippen molar-refractivity contribution in [3.63, 3.8) is 0 Å². The Morgan fingerprint density at radius 1 is 1.47 bits per heavy atom. The van der Waals surface area contributed by atoms with Gasteiger partial charge in [0.15, 0.2) is 0 Å². The number of halogens is 2. The first-order valence-corrected chi connectivity index (χ1v) is 6.95. The number of carbonyl (C=O) groups excluding carboxylic acids is 2. The van der Waals surface area contributed by atoms with Crippen molar-refractivity contribution in [3.05, 3.63) is 33.3 Å². The second-order valence-electron chi connectivity index (χ2n) is 4.37. The van der Waals surface area contributed by atoms with Gasteiger partial charge < -0.3 is 16.0 Å². The van der Waals surface area contributed by atoms with E-state index in [-0.39, 0.29) is 11.9 Å². The van der Waals surface area contributed by atoms with Gasteiger partial charge in [0.05, 0.1) is 5.02 Å². The van der Waals surface area contributed by atoms with Gasteiger partial charge in [-0.25, -0.2) is 4.79 Å². The molecule has 19 heavy (non-hydrogen) atoms. The monoisotopic (exact) mass is 345 g/mol. The minimum absolute atomic E-state index is 0.0672. The summed E-state index contributed by atoms with van der Waals surface area (Å²) >= 11 is 9.21. The first-order chi connectivity index (χ1) is 8.97. The fraction of sp³-hybridized carbons (Fsp3) is 0.333. The molecule has 1 heterocycles. The van der Waals surface area contributed by atoms with Crippen LogP contribution in [0.1, 0.15) is 16.8 Å². The van der Waals surface area contributed by atoms with Crippen LogP contribution in [-0.4, -0.2) is 36.0 Å². The highest BCUT2D eigenvalue weighted by atomic mass is 79.9. The summed E-state index contributed by atoms with van der Waals surface area (Å²) in [7, 11) is 0. The molecule has 3 N–H and O–H groups in total. The molecule has 1 saturated heterocycles.